The Labute approximate surface area is 184 Å². The first-order chi connectivity index (χ1) is 16.0. The second-order valence-electron chi connectivity index (χ2n) is 8.04. The maximum atomic E-state index is 13.6. The van der Waals surface area contributed by atoms with Gasteiger partial charge in [-0.15, -0.1) is 0 Å². The van der Waals surface area contributed by atoms with E-state index in [0.29, 0.717) is 45.0 Å². The zero-order valence-electron chi connectivity index (χ0n) is 17.2. The number of aromatic amines is 2. The Bertz CT molecular complexity index is 1480. The first-order valence-corrected chi connectivity index (χ1v) is 10.4. The third-order valence-electron chi connectivity index (χ3n) is 5.86. The van der Waals surface area contributed by atoms with E-state index in [9.17, 15) is 13.2 Å². The van der Waals surface area contributed by atoms with Crippen molar-refractivity contribution in [1.29, 1.82) is 0 Å². The van der Waals surface area contributed by atoms with Crippen LogP contribution in [-0.4, -0.2) is 54.1 Å². The molecule has 166 valence electrons. The van der Waals surface area contributed by atoms with Crippen LogP contribution in [0, 0.1) is 5.82 Å². The number of hydrogen-bond donors (Lipinski definition) is 2. The van der Waals surface area contributed by atoms with E-state index in [2.05, 4.69) is 30.1 Å². The summed E-state index contributed by atoms with van der Waals surface area (Å²) in [7, 11) is 0. The fourth-order valence-electron chi connectivity index (χ4n) is 4.12. The van der Waals surface area contributed by atoms with Gasteiger partial charge in [0.2, 0.25) is 0 Å². The molecular formula is C22H17F3N8. The van der Waals surface area contributed by atoms with E-state index >= 15 is 0 Å². The van der Waals surface area contributed by atoms with Crippen LogP contribution < -0.4 is 4.90 Å². The normalized spacial score (nSPS) is 16.0. The lowest BCUT2D eigenvalue weighted by atomic mass is 10.1. The number of hydrogen-bond acceptors (Lipinski definition) is 6. The number of rotatable bonds is 3. The van der Waals surface area contributed by atoms with Crippen molar-refractivity contribution in [3.05, 3.63) is 48.8 Å². The Morgan fingerprint density at radius 2 is 1.82 bits per heavy atom. The predicted octanol–water partition coefficient (Wildman–Crippen LogP) is 4.33. The average Bonchev–Trinajstić information content (AvgIpc) is 3.42. The molecule has 6 heterocycles. The standard InChI is InChI=1S/C22H17F3N8/c23-14-7-12(9-26-11-14)13-8-15-17(31-32-19(15)28-10-13)20-29-16-1-4-27-21(18(16)30-20)33-5-2-22(24,25)3-6-33/h1,4,7-11H,2-3,5-6H2,(H,29,30)(H,28,31,32). The summed E-state index contributed by atoms with van der Waals surface area (Å²) >= 11 is 0. The molecule has 1 aliphatic rings. The fourth-order valence-corrected chi connectivity index (χ4v) is 4.12. The number of nitrogens with one attached hydrogen (secondary N) is 2. The number of piperidine rings is 1. The summed E-state index contributed by atoms with van der Waals surface area (Å²) in [4.78, 5) is 22.5. The van der Waals surface area contributed by atoms with Crippen molar-refractivity contribution in [2.45, 2.75) is 18.8 Å². The maximum Gasteiger partial charge on any atom is 0.251 e. The SMILES string of the molecule is Fc1cncc(-c2cnc3[nH]nc(-c4nc5c(N6CCC(F)(F)CC6)nccc5[nH]4)c3c2)c1. The number of alkyl halides is 2. The van der Waals surface area contributed by atoms with Gasteiger partial charge in [-0.25, -0.2) is 28.1 Å². The van der Waals surface area contributed by atoms with E-state index in [1.54, 1.807) is 24.7 Å². The second kappa shape index (κ2) is 7.26. The molecule has 33 heavy (non-hydrogen) atoms. The largest absolute Gasteiger partial charge is 0.354 e. The van der Waals surface area contributed by atoms with Crippen LogP contribution in [0.15, 0.2) is 43.0 Å². The topological polar surface area (TPSA) is 99.3 Å². The molecule has 0 atom stereocenters. The average molecular weight is 450 g/mol. The van der Waals surface area contributed by atoms with Crippen molar-refractivity contribution < 1.29 is 13.2 Å². The number of halogens is 3. The van der Waals surface area contributed by atoms with Gasteiger partial charge < -0.3 is 9.88 Å². The summed E-state index contributed by atoms with van der Waals surface area (Å²) in [6.07, 6.45) is 5.53. The summed E-state index contributed by atoms with van der Waals surface area (Å²) in [5.74, 6) is -2.02. The Morgan fingerprint density at radius 3 is 2.64 bits per heavy atom. The summed E-state index contributed by atoms with van der Waals surface area (Å²) in [6.45, 7) is 0.420. The van der Waals surface area contributed by atoms with Gasteiger partial charge in [-0.3, -0.25) is 10.1 Å². The number of nitrogens with zero attached hydrogens (tertiary/aromatic N) is 6. The van der Waals surface area contributed by atoms with E-state index in [1.807, 2.05) is 11.0 Å². The molecule has 1 fully saturated rings. The highest BCUT2D eigenvalue weighted by atomic mass is 19.3. The highest BCUT2D eigenvalue weighted by molar-refractivity contribution is 5.95. The second-order valence-corrected chi connectivity index (χ2v) is 8.04. The third-order valence-corrected chi connectivity index (χ3v) is 5.86. The smallest absolute Gasteiger partial charge is 0.251 e. The molecule has 1 saturated heterocycles. The molecule has 5 aromatic heterocycles. The monoisotopic (exact) mass is 450 g/mol. The lowest BCUT2D eigenvalue weighted by Gasteiger charge is -2.32. The van der Waals surface area contributed by atoms with Gasteiger partial charge in [-0.2, -0.15) is 5.10 Å². The van der Waals surface area contributed by atoms with Gasteiger partial charge in [0.1, 0.15) is 17.0 Å². The summed E-state index contributed by atoms with van der Waals surface area (Å²) in [5.41, 5.74) is 3.68. The minimum Gasteiger partial charge on any atom is -0.354 e. The Kier molecular flexibility index (Phi) is 4.32. The maximum absolute atomic E-state index is 13.6. The Morgan fingerprint density at radius 1 is 1.00 bits per heavy atom. The Hall–Kier alpha value is -4.02. The van der Waals surface area contributed by atoms with Crippen LogP contribution in [0.1, 0.15) is 12.8 Å². The molecule has 6 rings (SSSR count). The van der Waals surface area contributed by atoms with Gasteiger partial charge >= 0.3 is 0 Å². The zero-order valence-corrected chi connectivity index (χ0v) is 17.2. The first kappa shape index (κ1) is 19.6. The third kappa shape index (κ3) is 3.45. The van der Waals surface area contributed by atoms with Crippen LogP contribution in [0.4, 0.5) is 19.0 Å². The first-order valence-electron chi connectivity index (χ1n) is 10.4. The molecule has 2 N–H and O–H groups in total. The number of anilines is 1. The minimum atomic E-state index is -2.64. The number of aromatic nitrogens is 7. The van der Waals surface area contributed by atoms with Crippen LogP contribution >= 0.6 is 0 Å². The molecule has 0 amide bonds. The molecule has 0 unspecified atom stereocenters. The molecule has 11 heteroatoms. The number of pyridine rings is 3. The van der Waals surface area contributed by atoms with Crippen molar-refractivity contribution in [2.24, 2.45) is 0 Å². The highest BCUT2D eigenvalue weighted by Gasteiger charge is 2.35. The van der Waals surface area contributed by atoms with Gasteiger partial charge in [-0.05, 0) is 18.2 Å². The van der Waals surface area contributed by atoms with Crippen LogP contribution in [0.2, 0.25) is 0 Å². The summed E-state index contributed by atoms with van der Waals surface area (Å²) in [5, 5.41) is 7.96. The lowest BCUT2D eigenvalue weighted by molar-refractivity contribution is -0.0221. The molecule has 1 aliphatic heterocycles. The molecular weight excluding hydrogens is 433 g/mol. The van der Waals surface area contributed by atoms with Crippen LogP contribution in [0.5, 0.6) is 0 Å². The fraction of sp³-hybridized carbons (Fsp3) is 0.227. The van der Waals surface area contributed by atoms with E-state index in [1.165, 1.54) is 6.07 Å². The van der Waals surface area contributed by atoms with Gasteiger partial charge in [0.05, 0.1) is 17.1 Å². The van der Waals surface area contributed by atoms with Crippen LogP contribution in [-0.2, 0) is 0 Å². The van der Waals surface area contributed by atoms with Crippen LogP contribution in [0.25, 0.3) is 44.7 Å². The van der Waals surface area contributed by atoms with E-state index in [-0.39, 0.29) is 25.9 Å². The molecule has 8 nitrogen and oxygen atoms in total. The molecule has 0 saturated carbocycles. The molecule has 0 aliphatic carbocycles. The van der Waals surface area contributed by atoms with Gasteiger partial charge in [-0.1, -0.05) is 0 Å². The molecule has 0 radical (unpaired) electrons. The van der Waals surface area contributed by atoms with Crippen molar-refractivity contribution in [1.82, 2.24) is 35.1 Å². The number of H-pyrrole nitrogens is 2. The van der Waals surface area contributed by atoms with Crippen LogP contribution in [0.3, 0.4) is 0 Å². The quantitative estimate of drug-likeness (QED) is 0.424. The van der Waals surface area contributed by atoms with Crippen molar-refractivity contribution in [2.75, 3.05) is 18.0 Å². The zero-order chi connectivity index (χ0) is 22.6. The summed E-state index contributed by atoms with van der Waals surface area (Å²) < 4.78 is 40.9. The van der Waals surface area contributed by atoms with Gasteiger partial charge in [0.25, 0.3) is 5.92 Å². The van der Waals surface area contributed by atoms with E-state index < -0.39 is 11.7 Å². The van der Waals surface area contributed by atoms with E-state index in [4.69, 9.17) is 4.98 Å². The predicted molar refractivity (Wildman–Crippen MR) is 116 cm³/mol. The van der Waals surface area contributed by atoms with Crippen molar-refractivity contribution >= 4 is 27.9 Å². The van der Waals surface area contributed by atoms with Crippen molar-refractivity contribution in [3.63, 3.8) is 0 Å². The number of fused-ring (bicyclic) bond motifs is 2. The van der Waals surface area contributed by atoms with E-state index in [0.717, 1.165) is 11.7 Å². The molecule has 0 aromatic carbocycles. The highest BCUT2D eigenvalue weighted by Crippen LogP contribution is 2.34. The molecule has 5 aromatic rings. The summed E-state index contributed by atoms with van der Waals surface area (Å²) in [6, 6.07) is 5.01. The van der Waals surface area contributed by atoms with Gasteiger partial charge in [0, 0.05) is 55.6 Å². The van der Waals surface area contributed by atoms with Gasteiger partial charge in [0.15, 0.2) is 17.3 Å². The Balaban J connectivity index is 1.42. The van der Waals surface area contributed by atoms with Crippen molar-refractivity contribution in [3.8, 4) is 22.6 Å². The lowest BCUT2D eigenvalue weighted by Crippen LogP contribution is -2.39. The molecule has 0 spiro atoms. The molecule has 0 bridgehead atoms. The number of imidazole rings is 1. The minimum absolute atomic E-state index is 0.210.